The second kappa shape index (κ2) is 11.0. The lowest BCUT2D eigenvalue weighted by molar-refractivity contribution is -0.117. The fraction of sp³-hybridized carbons (Fsp3) is 0.556. The Hall–Kier alpha value is -1.83. The molecule has 1 aliphatic heterocycles. The molecule has 1 aromatic rings. The van der Waals surface area contributed by atoms with E-state index >= 15 is 0 Å². The Morgan fingerprint density at radius 3 is 2.23 bits per heavy atom. The third-order valence-electron chi connectivity index (χ3n) is 4.40. The number of rotatable bonds is 6. The number of piperidine rings is 1. The minimum Gasteiger partial charge on any atom is -0.335 e. The fourth-order valence-electron chi connectivity index (χ4n) is 2.82. The van der Waals surface area contributed by atoms with Crippen LogP contribution in [0.25, 0.3) is 0 Å². The normalized spacial score (nSPS) is 16.3. The molecule has 5 N–H and O–H groups in total. The average Bonchev–Trinajstić information content (AvgIpc) is 2.59. The van der Waals surface area contributed by atoms with Crippen LogP contribution in [0.3, 0.4) is 0 Å². The summed E-state index contributed by atoms with van der Waals surface area (Å²) in [5, 5.41) is 8.60. The summed E-state index contributed by atoms with van der Waals surface area (Å²) in [7, 11) is 2.09. The van der Waals surface area contributed by atoms with Crippen LogP contribution in [0.1, 0.15) is 32.6 Å². The van der Waals surface area contributed by atoms with Crippen molar-refractivity contribution in [1.82, 2.24) is 10.2 Å². The van der Waals surface area contributed by atoms with Crippen LogP contribution < -0.4 is 21.7 Å². The van der Waals surface area contributed by atoms with E-state index in [1.807, 2.05) is 6.92 Å². The van der Waals surface area contributed by atoms with Crippen molar-refractivity contribution < 1.29 is 9.59 Å². The van der Waals surface area contributed by atoms with Crippen LogP contribution in [0.15, 0.2) is 24.3 Å². The summed E-state index contributed by atoms with van der Waals surface area (Å²) in [5.41, 5.74) is 7.13. The van der Waals surface area contributed by atoms with E-state index < -0.39 is 6.04 Å². The molecule has 1 atom stereocenters. The Kier molecular flexibility index (Phi) is 9.40. The number of benzene rings is 1. The summed E-state index contributed by atoms with van der Waals surface area (Å²) in [6, 6.07) is 6.54. The Bertz CT molecular complexity index is 573. The van der Waals surface area contributed by atoms with Gasteiger partial charge in [0.15, 0.2) is 0 Å². The van der Waals surface area contributed by atoms with Crippen LogP contribution >= 0.6 is 12.4 Å². The van der Waals surface area contributed by atoms with Gasteiger partial charge in [-0.2, -0.15) is 0 Å². The molecule has 7 nitrogen and oxygen atoms in total. The highest BCUT2D eigenvalue weighted by Gasteiger charge is 2.18. The smallest absolute Gasteiger partial charge is 0.319 e. The molecule has 146 valence electrons. The Labute approximate surface area is 161 Å². The lowest BCUT2D eigenvalue weighted by Gasteiger charge is -2.29. The van der Waals surface area contributed by atoms with Gasteiger partial charge in [0.25, 0.3) is 0 Å². The molecule has 1 heterocycles. The Balaban J connectivity index is 0.00000338. The van der Waals surface area contributed by atoms with Crippen molar-refractivity contribution in [3.05, 3.63) is 24.3 Å². The lowest BCUT2D eigenvalue weighted by atomic mass is 10.1. The van der Waals surface area contributed by atoms with Crippen molar-refractivity contribution in [2.45, 2.75) is 44.7 Å². The van der Waals surface area contributed by atoms with Crippen LogP contribution in [0.5, 0.6) is 0 Å². The molecule has 1 fully saturated rings. The first-order valence-electron chi connectivity index (χ1n) is 8.90. The maximum absolute atomic E-state index is 12.1. The molecule has 1 unspecified atom stereocenters. The molecule has 0 spiro atoms. The summed E-state index contributed by atoms with van der Waals surface area (Å²) in [6.45, 7) is 3.99. The van der Waals surface area contributed by atoms with Crippen LogP contribution in [0, 0.1) is 0 Å². The number of likely N-dealkylation sites (tertiary alicyclic amines) is 1. The molecular weight excluding hydrogens is 354 g/mol. The van der Waals surface area contributed by atoms with E-state index in [9.17, 15) is 9.59 Å². The SMILES string of the molecule is CCCC(N)C(=O)Nc1ccc(NC(=O)NC2CCN(C)CC2)cc1.Cl. The maximum atomic E-state index is 12.1. The molecular formula is C18H30ClN5O2. The molecule has 0 radical (unpaired) electrons. The number of nitrogens with zero attached hydrogens (tertiary/aromatic N) is 1. The van der Waals surface area contributed by atoms with Crippen molar-refractivity contribution in [3.8, 4) is 0 Å². The molecule has 0 bridgehead atoms. The second-order valence-corrected chi connectivity index (χ2v) is 6.64. The first-order valence-corrected chi connectivity index (χ1v) is 8.90. The predicted octanol–water partition coefficient (Wildman–Crippen LogP) is 2.39. The van der Waals surface area contributed by atoms with Crippen molar-refractivity contribution in [1.29, 1.82) is 0 Å². The third-order valence-corrected chi connectivity index (χ3v) is 4.40. The summed E-state index contributed by atoms with van der Waals surface area (Å²) in [5.74, 6) is -0.192. The summed E-state index contributed by atoms with van der Waals surface area (Å²) < 4.78 is 0. The molecule has 0 aliphatic carbocycles. The number of halogens is 1. The molecule has 1 saturated heterocycles. The highest BCUT2D eigenvalue weighted by Crippen LogP contribution is 2.14. The van der Waals surface area contributed by atoms with E-state index in [0.717, 1.165) is 32.4 Å². The van der Waals surface area contributed by atoms with E-state index in [0.29, 0.717) is 17.8 Å². The Morgan fingerprint density at radius 2 is 1.69 bits per heavy atom. The highest BCUT2D eigenvalue weighted by molar-refractivity contribution is 5.95. The second-order valence-electron chi connectivity index (χ2n) is 6.64. The van der Waals surface area contributed by atoms with Crippen LogP contribution in [0.4, 0.5) is 16.2 Å². The maximum Gasteiger partial charge on any atom is 0.319 e. The minimum atomic E-state index is -0.497. The van der Waals surface area contributed by atoms with Gasteiger partial charge in [0.2, 0.25) is 5.91 Å². The summed E-state index contributed by atoms with van der Waals surface area (Å²) in [4.78, 5) is 26.2. The number of amides is 3. The number of urea groups is 1. The third kappa shape index (κ3) is 7.19. The van der Waals surface area contributed by atoms with Crippen molar-refractivity contribution in [2.24, 2.45) is 5.73 Å². The van der Waals surface area contributed by atoms with Crippen LogP contribution in [0.2, 0.25) is 0 Å². The van der Waals surface area contributed by atoms with Gasteiger partial charge >= 0.3 is 6.03 Å². The Morgan fingerprint density at radius 1 is 1.15 bits per heavy atom. The number of hydrogen-bond acceptors (Lipinski definition) is 4. The zero-order chi connectivity index (χ0) is 18.2. The number of carbonyl (C=O) groups is 2. The van der Waals surface area contributed by atoms with Crippen LogP contribution in [-0.4, -0.2) is 49.1 Å². The van der Waals surface area contributed by atoms with Gasteiger partial charge in [0.1, 0.15) is 0 Å². The van der Waals surface area contributed by atoms with E-state index in [1.165, 1.54) is 0 Å². The first kappa shape index (κ1) is 22.2. The number of nitrogens with two attached hydrogens (primary N) is 1. The molecule has 26 heavy (non-hydrogen) atoms. The highest BCUT2D eigenvalue weighted by atomic mass is 35.5. The van der Waals surface area contributed by atoms with Gasteiger partial charge in [-0.25, -0.2) is 4.79 Å². The summed E-state index contributed by atoms with van der Waals surface area (Å²) in [6.07, 6.45) is 3.45. The molecule has 2 rings (SSSR count). The van der Waals surface area contributed by atoms with Gasteiger partial charge < -0.3 is 26.6 Å². The average molecular weight is 384 g/mol. The number of carbonyl (C=O) groups excluding carboxylic acids is 2. The fourth-order valence-corrected chi connectivity index (χ4v) is 2.82. The predicted molar refractivity (Wildman–Crippen MR) is 108 cm³/mol. The van der Waals surface area contributed by atoms with Gasteiger partial charge in [-0.05, 0) is 63.7 Å². The number of hydrogen-bond donors (Lipinski definition) is 4. The molecule has 0 aromatic heterocycles. The molecule has 0 saturated carbocycles. The van der Waals surface area contributed by atoms with Crippen LogP contribution in [-0.2, 0) is 4.79 Å². The topological polar surface area (TPSA) is 99.5 Å². The van der Waals surface area contributed by atoms with Gasteiger partial charge in [0.05, 0.1) is 6.04 Å². The molecule has 1 aromatic carbocycles. The number of anilines is 2. The van der Waals surface area contributed by atoms with E-state index in [-0.39, 0.29) is 30.4 Å². The van der Waals surface area contributed by atoms with Gasteiger partial charge in [0, 0.05) is 17.4 Å². The van der Waals surface area contributed by atoms with E-state index in [2.05, 4.69) is 27.9 Å². The van der Waals surface area contributed by atoms with Gasteiger partial charge in [-0.3, -0.25) is 4.79 Å². The zero-order valence-electron chi connectivity index (χ0n) is 15.5. The quantitative estimate of drug-likeness (QED) is 0.606. The minimum absolute atomic E-state index is 0. The lowest BCUT2D eigenvalue weighted by Crippen LogP contribution is -2.44. The largest absolute Gasteiger partial charge is 0.335 e. The monoisotopic (exact) mass is 383 g/mol. The van der Waals surface area contributed by atoms with Crippen molar-refractivity contribution in [3.63, 3.8) is 0 Å². The molecule has 3 amide bonds. The number of nitrogens with one attached hydrogen (secondary N) is 3. The molecule has 8 heteroatoms. The van der Waals surface area contributed by atoms with Crippen molar-refractivity contribution in [2.75, 3.05) is 30.8 Å². The van der Waals surface area contributed by atoms with E-state index in [4.69, 9.17) is 5.73 Å². The van der Waals surface area contributed by atoms with Crippen molar-refractivity contribution >= 4 is 35.7 Å². The standard InChI is InChI=1S/C18H29N5O2.ClH/c1-3-4-16(19)17(24)20-13-5-7-14(8-6-13)21-18(25)22-15-9-11-23(2)12-10-15;/h5-8,15-16H,3-4,9-12,19H2,1-2H3,(H,20,24)(H2,21,22,25);1H. The van der Waals surface area contributed by atoms with E-state index in [1.54, 1.807) is 24.3 Å². The first-order chi connectivity index (χ1) is 12.0. The van der Waals surface area contributed by atoms with Gasteiger partial charge in [-0.15, -0.1) is 12.4 Å². The summed E-state index contributed by atoms with van der Waals surface area (Å²) >= 11 is 0. The van der Waals surface area contributed by atoms with Gasteiger partial charge in [-0.1, -0.05) is 13.3 Å². The molecule has 1 aliphatic rings. The zero-order valence-corrected chi connectivity index (χ0v) is 16.3.